The molecule has 152 valence electrons. The summed E-state index contributed by atoms with van der Waals surface area (Å²) in [5.74, 6) is -1.28. The largest absolute Gasteiger partial charge is 0.494 e. The van der Waals surface area contributed by atoms with E-state index in [4.69, 9.17) is 21.1 Å². The Morgan fingerprint density at radius 2 is 1.90 bits per heavy atom. The number of anilines is 1. The SMILES string of the molecule is COc1ccc(F)c(-c2nc(N3CC(C)OC(C)C3)c3cc(Cl)ncc3n2)c1F. The van der Waals surface area contributed by atoms with Gasteiger partial charge in [0.2, 0.25) is 0 Å². The predicted octanol–water partition coefficient (Wildman–Crippen LogP) is 4.25. The first kappa shape index (κ1) is 19.7. The summed E-state index contributed by atoms with van der Waals surface area (Å²) in [6.45, 7) is 5.06. The molecule has 0 spiro atoms. The van der Waals surface area contributed by atoms with E-state index in [-0.39, 0.29) is 34.5 Å². The van der Waals surface area contributed by atoms with Gasteiger partial charge in [-0.05, 0) is 32.0 Å². The van der Waals surface area contributed by atoms with Crippen LogP contribution in [0, 0.1) is 11.6 Å². The fourth-order valence-electron chi connectivity index (χ4n) is 3.59. The van der Waals surface area contributed by atoms with E-state index in [1.54, 1.807) is 6.07 Å². The first-order valence-corrected chi connectivity index (χ1v) is 9.51. The van der Waals surface area contributed by atoms with Crippen molar-refractivity contribution in [2.24, 2.45) is 0 Å². The number of fused-ring (bicyclic) bond motifs is 1. The summed E-state index contributed by atoms with van der Waals surface area (Å²) in [5.41, 5.74) is 0.0830. The summed E-state index contributed by atoms with van der Waals surface area (Å²) < 4.78 is 40.2. The topological polar surface area (TPSA) is 60.4 Å². The number of aromatic nitrogens is 3. The first-order valence-electron chi connectivity index (χ1n) is 9.13. The Hall–Kier alpha value is -2.58. The van der Waals surface area contributed by atoms with Crippen LogP contribution in [-0.2, 0) is 4.74 Å². The summed E-state index contributed by atoms with van der Waals surface area (Å²) in [7, 11) is 1.31. The molecule has 0 N–H and O–H groups in total. The molecule has 3 aromatic rings. The molecule has 1 aliphatic heterocycles. The fraction of sp³-hybridized carbons (Fsp3) is 0.350. The minimum Gasteiger partial charge on any atom is -0.494 e. The summed E-state index contributed by atoms with van der Waals surface area (Å²) in [5, 5.41) is 0.932. The highest BCUT2D eigenvalue weighted by Crippen LogP contribution is 2.34. The molecule has 1 aromatic carbocycles. The van der Waals surface area contributed by atoms with Gasteiger partial charge in [-0.15, -0.1) is 0 Å². The van der Waals surface area contributed by atoms with Gasteiger partial charge in [-0.1, -0.05) is 11.6 Å². The summed E-state index contributed by atoms with van der Waals surface area (Å²) in [6, 6.07) is 4.01. The number of pyridine rings is 1. The Kier molecular flexibility index (Phi) is 5.23. The number of methoxy groups -OCH3 is 1. The van der Waals surface area contributed by atoms with Gasteiger partial charge in [-0.25, -0.2) is 23.7 Å². The molecule has 0 amide bonds. The minimum absolute atomic E-state index is 0.0326. The lowest BCUT2D eigenvalue weighted by atomic mass is 10.1. The molecular weight excluding hydrogens is 402 g/mol. The Bertz CT molecular complexity index is 1070. The maximum Gasteiger partial charge on any atom is 0.179 e. The van der Waals surface area contributed by atoms with Crippen LogP contribution >= 0.6 is 11.6 Å². The second-order valence-corrected chi connectivity index (χ2v) is 7.38. The molecule has 1 saturated heterocycles. The lowest BCUT2D eigenvalue weighted by Crippen LogP contribution is -2.46. The van der Waals surface area contributed by atoms with Crippen molar-refractivity contribution in [3.63, 3.8) is 0 Å². The van der Waals surface area contributed by atoms with Crippen LogP contribution in [-0.4, -0.2) is 47.4 Å². The van der Waals surface area contributed by atoms with Crippen molar-refractivity contribution < 1.29 is 18.3 Å². The van der Waals surface area contributed by atoms with Gasteiger partial charge < -0.3 is 14.4 Å². The maximum atomic E-state index is 14.9. The van der Waals surface area contributed by atoms with Crippen LogP contribution in [0.1, 0.15) is 13.8 Å². The molecule has 4 rings (SSSR count). The van der Waals surface area contributed by atoms with Crippen LogP contribution in [0.2, 0.25) is 5.15 Å². The number of rotatable bonds is 3. The van der Waals surface area contributed by atoms with Crippen LogP contribution < -0.4 is 9.64 Å². The zero-order valence-corrected chi connectivity index (χ0v) is 16.9. The number of hydrogen-bond acceptors (Lipinski definition) is 6. The molecule has 2 aromatic heterocycles. The van der Waals surface area contributed by atoms with Crippen molar-refractivity contribution in [2.45, 2.75) is 26.1 Å². The second-order valence-electron chi connectivity index (χ2n) is 7.00. The summed E-state index contributed by atoms with van der Waals surface area (Å²) >= 11 is 6.09. The molecule has 0 radical (unpaired) electrons. The molecule has 3 heterocycles. The van der Waals surface area contributed by atoms with E-state index < -0.39 is 11.6 Å². The average Bonchev–Trinajstić information content (AvgIpc) is 2.67. The van der Waals surface area contributed by atoms with Gasteiger partial charge in [0.15, 0.2) is 17.4 Å². The highest BCUT2D eigenvalue weighted by molar-refractivity contribution is 6.30. The van der Waals surface area contributed by atoms with E-state index in [0.717, 1.165) is 6.07 Å². The van der Waals surface area contributed by atoms with Crippen molar-refractivity contribution in [3.05, 3.63) is 41.2 Å². The van der Waals surface area contributed by atoms with Gasteiger partial charge >= 0.3 is 0 Å². The molecule has 0 bridgehead atoms. The molecular formula is C20H19ClF2N4O2. The molecule has 1 aliphatic rings. The molecule has 2 atom stereocenters. The van der Waals surface area contributed by atoms with E-state index in [9.17, 15) is 8.78 Å². The lowest BCUT2D eigenvalue weighted by Gasteiger charge is -2.36. The van der Waals surface area contributed by atoms with Gasteiger partial charge in [0.1, 0.15) is 16.8 Å². The Balaban J connectivity index is 1.95. The standard InChI is InChI=1S/C20H19ClF2N4O2/c1-10-8-27(9-11(2)29-10)20-12-6-16(21)24-7-14(12)25-19(26-20)17-13(22)4-5-15(28-3)18(17)23/h4-7,10-11H,8-9H2,1-3H3. The number of hydrogen-bond donors (Lipinski definition) is 0. The van der Waals surface area contributed by atoms with E-state index >= 15 is 0 Å². The molecule has 9 heteroatoms. The zero-order chi connectivity index (χ0) is 20.7. The van der Waals surface area contributed by atoms with Crippen molar-refractivity contribution in [3.8, 4) is 17.1 Å². The van der Waals surface area contributed by atoms with Crippen LogP contribution in [0.4, 0.5) is 14.6 Å². The predicted molar refractivity (Wildman–Crippen MR) is 106 cm³/mol. The highest BCUT2D eigenvalue weighted by Gasteiger charge is 2.27. The van der Waals surface area contributed by atoms with Gasteiger partial charge in [0.05, 0.1) is 36.6 Å². The molecule has 6 nitrogen and oxygen atoms in total. The highest BCUT2D eigenvalue weighted by atomic mass is 35.5. The van der Waals surface area contributed by atoms with E-state index in [1.807, 2.05) is 18.7 Å². The van der Waals surface area contributed by atoms with Crippen molar-refractivity contribution in [1.82, 2.24) is 15.0 Å². The smallest absolute Gasteiger partial charge is 0.179 e. The monoisotopic (exact) mass is 420 g/mol. The number of halogens is 3. The quantitative estimate of drug-likeness (QED) is 0.590. The Morgan fingerprint density at radius 1 is 1.17 bits per heavy atom. The molecule has 2 unspecified atom stereocenters. The van der Waals surface area contributed by atoms with Gasteiger partial charge in [0, 0.05) is 18.5 Å². The summed E-state index contributed by atoms with van der Waals surface area (Å²) in [4.78, 5) is 15.0. The Morgan fingerprint density at radius 3 is 2.59 bits per heavy atom. The van der Waals surface area contributed by atoms with Crippen molar-refractivity contribution >= 4 is 28.3 Å². The summed E-state index contributed by atoms with van der Waals surface area (Å²) in [6.07, 6.45) is 1.40. The Labute approximate surface area is 171 Å². The van der Waals surface area contributed by atoms with Crippen LogP contribution in [0.3, 0.4) is 0 Å². The first-order chi connectivity index (χ1) is 13.9. The van der Waals surface area contributed by atoms with Crippen molar-refractivity contribution in [2.75, 3.05) is 25.1 Å². The number of nitrogens with zero attached hydrogens (tertiary/aromatic N) is 4. The van der Waals surface area contributed by atoms with E-state index in [0.29, 0.717) is 29.8 Å². The maximum absolute atomic E-state index is 14.9. The third-order valence-electron chi connectivity index (χ3n) is 4.75. The average molecular weight is 421 g/mol. The minimum atomic E-state index is -0.858. The molecule has 0 aliphatic carbocycles. The number of morpholine rings is 1. The fourth-order valence-corrected chi connectivity index (χ4v) is 3.75. The van der Waals surface area contributed by atoms with Crippen molar-refractivity contribution in [1.29, 1.82) is 0 Å². The van der Waals surface area contributed by atoms with Gasteiger partial charge in [-0.3, -0.25) is 0 Å². The lowest BCUT2D eigenvalue weighted by molar-refractivity contribution is -0.00536. The van der Waals surface area contributed by atoms with Crippen LogP contribution in [0.15, 0.2) is 24.4 Å². The number of ether oxygens (including phenoxy) is 2. The molecule has 29 heavy (non-hydrogen) atoms. The normalized spacial score (nSPS) is 19.6. The van der Waals surface area contributed by atoms with E-state index in [2.05, 4.69) is 15.0 Å². The van der Waals surface area contributed by atoms with Crippen LogP contribution in [0.25, 0.3) is 22.3 Å². The molecule has 1 fully saturated rings. The number of benzene rings is 1. The van der Waals surface area contributed by atoms with E-state index in [1.165, 1.54) is 19.4 Å². The molecule has 0 saturated carbocycles. The second kappa shape index (κ2) is 7.68. The van der Waals surface area contributed by atoms with Gasteiger partial charge in [0.25, 0.3) is 0 Å². The zero-order valence-electron chi connectivity index (χ0n) is 16.1. The third-order valence-corrected chi connectivity index (χ3v) is 4.95. The van der Waals surface area contributed by atoms with Crippen LogP contribution in [0.5, 0.6) is 5.75 Å². The third kappa shape index (κ3) is 3.70. The van der Waals surface area contributed by atoms with Gasteiger partial charge in [-0.2, -0.15) is 0 Å².